The molecule has 1 unspecified atom stereocenters. The van der Waals surface area contributed by atoms with E-state index in [1.165, 1.54) is 44.1 Å². The van der Waals surface area contributed by atoms with Gasteiger partial charge < -0.3 is 10.1 Å². The van der Waals surface area contributed by atoms with Gasteiger partial charge in [-0.2, -0.15) is 0 Å². The summed E-state index contributed by atoms with van der Waals surface area (Å²) in [6.07, 6.45) is 8.48. The van der Waals surface area contributed by atoms with Crippen LogP contribution in [-0.2, 0) is 10.2 Å². The number of amides is 1. The van der Waals surface area contributed by atoms with Gasteiger partial charge in [-0.3, -0.25) is 4.79 Å². The van der Waals surface area contributed by atoms with E-state index in [0.717, 1.165) is 23.4 Å². The van der Waals surface area contributed by atoms with Crippen LogP contribution < -0.4 is 10.1 Å². The number of carbonyl (C=O) groups is 1. The van der Waals surface area contributed by atoms with Crippen molar-refractivity contribution in [3.05, 3.63) is 59.1 Å². The van der Waals surface area contributed by atoms with Crippen LogP contribution in [0.5, 0.6) is 5.75 Å². The number of benzene rings is 2. The lowest BCUT2D eigenvalue weighted by molar-refractivity contribution is -0.122. The minimum Gasteiger partial charge on any atom is -0.481 e. The Morgan fingerprint density at radius 3 is 2.27 bits per heavy atom. The number of hydrogen-bond donors (Lipinski definition) is 1. The highest BCUT2D eigenvalue weighted by atomic mass is 35.5. The maximum atomic E-state index is 12.8. The van der Waals surface area contributed by atoms with Crippen LogP contribution in [0.4, 0.5) is 5.69 Å². The first-order valence-electron chi connectivity index (χ1n) is 11.4. The maximum absolute atomic E-state index is 12.8. The van der Waals surface area contributed by atoms with Gasteiger partial charge in [0.05, 0.1) is 0 Å². The predicted molar refractivity (Wildman–Crippen MR) is 121 cm³/mol. The van der Waals surface area contributed by atoms with E-state index >= 15 is 0 Å². The van der Waals surface area contributed by atoms with Gasteiger partial charge in [-0.25, -0.2) is 0 Å². The summed E-state index contributed by atoms with van der Waals surface area (Å²) in [5.41, 5.74) is 2.70. The van der Waals surface area contributed by atoms with Crippen LogP contribution >= 0.6 is 11.6 Å². The molecule has 1 N–H and O–H groups in total. The quantitative estimate of drug-likeness (QED) is 0.568. The van der Waals surface area contributed by atoms with Crippen molar-refractivity contribution in [3.8, 4) is 5.75 Å². The second kappa shape index (κ2) is 7.92. The highest BCUT2D eigenvalue weighted by Gasteiger charge is 2.51. The zero-order valence-electron chi connectivity index (χ0n) is 17.6. The zero-order valence-corrected chi connectivity index (χ0v) is 18.3. The molecule has 2 aromatic carbocycles. The molecule has 2 aromatic rings. The fraction of sp³-hybridized carbons (Fsp3) is 0.500. The smallest absolute Gasteiger partial charge is 0.265 e. The molecule has 0 aliphatic heterocycles. The Balaban J connectivity index is 1.26. The molecule has 4 saturated carbocycles. The van der Waals surface area contributed by atoms with Gasteiger partial charge in [0.2, 0.25) is 0 Å². The Kier molecular flexibility index (Phi) is 5.26. The molecular weight excluding hydrogens is 394 g/mol. The van der Waals surface area contributed by atoms with Crippen molar-refractivity contribution in [1.29, 1.82) is 0 Å². The van der Waals surface area contributed by atoms with Crippen LogP contribution in [0.2, 0.25) is 5.02 Å². The lowest BCUT2D eigenvalue weighted by Crippen LogP contribution is -2.48. The normalized spacial score (nSPS) is 30.1. The van der Waals surface area contributed by atoms with Gasteiger partial charge in [-0.05, 0) is 104 Å². The Hall–Kier alpha value is -2.00. The van der Waals surface area contributed by atoms with Gasteiger partial charge in [0.1, 0.15) is 5.75 Å². The van der Waals surface area contributed by atoms with E-state index in [-0.39, 0.29) is 5.91 Å². The van der Waals surface area contributed by atoms with E-state index < -0.39 is 6.10 Å². The largest absolute Gasteiger partial charge is 0.481 e. The van der Waals surface area contributed by atoms with Crippen molar-refractivity contribution in [2.24, 2.45) is 17.8 Å². The van der Waals surface area contributed by atoms with Crippen LogP contribution in [-0.4, -0.2) is 12.0 Å². The highest BCUT2D eigenvalue weighted by Crippen LogP contribution is 2.60. The zero-order chi connectivity index (χ0) is 20.7. The molecule has 0 spiro atoms. The fourth-order valence-electron chi connectivity index (χ4n) is 6.62. The average molecular weight is 424 g/mol. The molecule has 1 atom stereocenters. The minimum absolute atomic E-state index is 0.125. The van der Waals surface area contributed by atoms with Crippen molar-refractivity contribution in [1.82, 2.24) is 0 Å². The molecule has 158 valence electrons. The molecule has 4 aliphatic carbocycles. The number of halogens is 1. The average Bonchev–Trinajstić information content (AvgIpc) is 2.71. The first kappa shape index (κ1) is 19.9. The molecule has 30 heavy (non-hydrogen) atoms. The number of anilines is 1. The Morgan fingerprint density at radius 2 is 1.70 bits per heavy atom. The van der Waals surface area contributed by atoms with E-state index in [1.807, 2.05) is 19.1 Å². The second-order valence-corrected chi connectivity index (χ2v) is 10.2. The SMILES string of the molecule is CCC(Oc1cccc(Cl)c1)C(=O)Nc1ccc(C23CC4CC(CC(C4)C2)C3)cc1. The highest BCUT2D eigenvalue weighted by molar-refractivity contribution is 6.30. The first-order valence-corrected chi connectivity index (χ1v) is 11.7. The van der Waals surface area contributed by atoms with Crippen molar-refractivity contribution < 1.29 is 9.53 Å². The monoisotopic (exact) mass is 423 g/mol. The molecule has 4 bridgehead atoms. The van der Waals surface area contributed by atoms with E-state index in [4.69, 9.17) is 16.3 Å². The molecule has 1 amide bonds. The van der Waals surface area contributed by atoms with Crippen molar-refractivity contribution in [3.63, 3.8) is 0 Å². The molecule has 3 nitrogen and oxygen atoms in total. The number of ether oxygens (including phenoxy) is 1. The summed E-state index contributed by atoms with van der Waals surface area (Å²) >= 11 is 6.03. The molecule has 0 heterocycles. The lowest BCUT2D eigenvalue weighted by atomic mass is 9.48. The lowest BCUT2D eigenvalue weighted by Gasteiger charge is -2.57. The third-order valence-corrected chi connectivity index (χ3v) is 7.78. The molecule has 0 saturated heterocycles. The van der Waals surface area contributed by atoms with Crippen LogP contribution in [0.25, 0.3) is 0 Å². The number of carbonyl (C=O) groups excluding carboxylic acids is 1. The fourth-order valence-corrected chi connectivity index (χ4v) is 6.80. The van der Waals surface area contributed by atoms with Crippen molar-refractivity contribution >= 4 is 23.2 Å². The number of nitrogens with one attached hydrogen (secondary N) is 1. The molecular formula is C26H30ClNO2. The van der Waals surface area contributed by atoms with Gasteiger partial charge in [-0.15, -0.1) is 0 Å². The topological polar surface area (TPSA) is 38.3 Å². The standard InChI is InChI=1S/C26H30ClNO2/c1-2-24(30-23-5-3-4-21(27)13-23)25(29)28-22-8-6-20(7-9-22)26-14-17-10-18(15-26)12-19(11-17)16-26/h3-9,13,17-19,24H,2,10-12,14-16H2,1H3,(H,28,29). The minimum atomic E-state index is -0.550. The summed E-state index contributed by atoms with van der Waals surface area (Å²) in [6, 6.07) is 15.8. The van der Waals surface area contributed by atoms with Crippen LogP contribution in [0.1, 0.15) is 57.4 Å². The van der Waals surface area contributed by atoms with Crippen LogP contribution in [0.3, 0.4) is 0 Å². The number of rotatable bonds is 6. The van der Waals surface area contributed by atoms with E-state index in [0.29, 0.717) is 22.6 Å². The van der Waals surface area contributed by atoms with Crippen LogP contribution in [0, 0.1) is 17.8 Å². The van der Waals surface area contributed by atoms with Gasteiger partial charge in [0.25, 0.3) is 5.91 Å². The van der Waals surface area contributed by atoms with E-state index in [9.17, 15) is 4.79 Å². The summed E-state index contributed by atoms with van der Waals surface area (Å²) < 4.78 is 5.87. The van der Waals surface area contributed by atoms with E-state index in [1.54, 1.807) is 12.1 Å². The van der Waals surface area contributed by atoms with E-state index in [2.05, 4.69) is 29.6 Å². The molecule has 6 rings (SSSR count). The summed E-state index contributed by atoms with van der Waals surface area (Å²) in [7, 11) is 0. The summed E-state index contributed by atoms with van der Waals surface area (Å²) in [6.45, 7) is 1.95. The molecule has 0 aromatic heterocycles. The van der Waals surface area contributed by atoms with Gasteiger partial charge in [0.15, 0.2) is 6.10 Å². The van der Waals surface area contributed by atoms with Gasteiger partial charge >= 0.3 is 0 Å². The predicted octanol–water partition coefficient (Wildman–Crippen LogP) is 6.60. The maximum Gasteiger partial charge on any atom is 0.265 e. The second-order valence-electron chi connectivity index (χ2n) is 9.74. The Bertz CT molecular complexity index is 888. The molecule has 4 aliphatic rings. The summed E-state index contributed by atoms with van der Waals surface area (Å²) in [5.74, 6) is 3.29. The Labute approximate surface area is 184 Å². The molecule has 0 radical (unpaired) electrons. The van der Waals surface area contributed by atoms with Crippen molar-refractivity contribution in [2.75, 3.05) is 5.32 Å². The molecule has 4 fully saturated rings. The first-order chi connectivity index (χ1) is 14.5. The van der Waals surface area contributed by atoms with Gasteiger partial charge in [-0.1, -0.05) is 36.7 Å². The van der Waals surface area contributed by atoms with Crippen molar-refractivity contribution in [2.45, 2.75) is 63.4 Å². The Morgan fingerprint density at radius 1 is 1.07 bits per heavy atom. The summed E-state index contributed by atoms with van der Waals surface area (Å²) in [5, 5.41) is 3.63. The third-order valence-electron chi connectivity index (χ3n) is 7.54. The summed E-state index contributed by atoms with van der Waals surface area (Å²) in [4.78, 5) is 12.8. The van der Waals surface area contributed by atoms with Crippen LogP contribution in [0.15, 0.2) is 48.5 Å². The third kappa shape index (κ3) is 3.85. The molecule has 4 heteroatoms. The number of hydrogen-bond acceptors (Lipinski definition) is 2. The van der Waals surface area contributed by atoms with Gasteiger partial charge in [0, 0.05) is 10.7 Å².